The van der Waals surface area contributed by atoms with E-state index in [1.807, 2.05) is 0 Å². The second kappa shape index (κ2) is 8.56. The van der Waals surface area contributed by atoms with Crippen molar-refractivity contribution in [2.24, 2.45) is 5.73 Å². The predicted molar refractivity (Wildman–Crippen MR) is 51.3 cm³/mol. The zero-order valence-corrected chi connectivity index (χ0v) is 8.10. The summed E-state index contributed by atoms with van der Waals surface area (Å²) in [6.07, 6.45) is 2.61. The van der Waals surface area contributed by atoms with Gasteiger partial charge in [0.15, 0.2) is 0 Å². The molecule has 0 fully saturated rings. The Hall–Kier alpha value is -0.540. The smallest absolute Gasteiger partial charge is 0.305 e. The molecular weight excluding hydrogens is 178 g/mol. The number of hydrogen-bond donors (Lipinski definition) is 1. The lowest BCUT2D eigenvalue weighted by molar-refractivity contribution is -0.143. The van der Waals surface area contributed by atoms with Crippen molar-refractivity contribution in [2.75, 3.05) is 6.61 Å². The lowest BCUT2D eigenvalue weighted by atomic mass is 10.2. The lowest BCUT2D eigenvalue weighted by Crippen LogP contribution is -2.18. The van der Waals surface area contributed by atoms with E-state index in [4.69, 9.17) is 10.5 Å². The van der Waals surface area contributed by atoms with Gasteiger partial charge in [-0.1, -0.05) is 6.08 Å². The summed E-state index contributed by atoms with van der Waals surface area (Å²) in [7, 11) is 0. The van der Waals surface area contributed by atoms with Crippen LogP contribution >= 0.6 is 12.4 Å². The molecule has 0 aromatic heterocycles. The summed E-state index contributed by atoms with van der Waals surface area (Å²) < 4.78 is 4.71. The quantitative estimate of drug-likeness (QED) is 0.529. The molecule has 0 aliphatic heterocycles. The van der Waals surface area contributed by atoms with Crippen LogP contribution in [0.5, 0.6) is 0 Å². The first-order chi connectivity index (χ1) is 5.20. The highest BCUT2D eigenvalue weighted by molar-refractivity contribution is 5.85. The molecule has 0 saturated carbocycles. The predicted octanol–water partition coefficient (Wildman–Crippen LogP) is 1.26. The molecule has 2 N–H and O–H groups in total. The third-order valence-electron chi connectivity index (χ3n) is 1.29. The minimum atomic E-state index is -0.190. The molecule has 0 bridgehead atoms. The highest BCUT2D eigenvalue weighted by Crippen LogP contribution is 1.96. The van der Waals surface area contributed by atoms with Crippen molar-refractivity contribution in [3.05, 3.63) is 12.7 Å². The van der Waals surface area contributed by atoms with Gasteiger partial charge in [-0.15, -0.1) is 19.0 Å². The van der Waals surface area contributed by atoms with Crippen molar-refractivity contribution in [3.8, 4) is 0 Å². The average Bonchev–Trinajstić information content (AvgIpc) is 2.01. The maximum absolute atomic E-state index is 10.8. The summed E-state index contributed by atoms with van der Waals surface area (Å²) in [6.45, 7) is 5.72. The van der Waals surface area contributed by atoms with Crippen LogP contribution in [0.4, 0.5) is 0 Å². The van der Waals surface area contributed by atoms with Crippen molar-refractivity contribution < 1.29 is 9.53 Å². The SMILES string of the molecule is C=CC(N)CCC(=O)OCC.Cl. The van der Waals surface area contributed by atoms with Crippen LogP contribution in [0.3, 0.4) is 0 Å². The van der Waals surface area contributed by atoms with Crippen LogP contribution in [-0.2, 0) is 9.53 Å². The first-order valence-electron chi connectivity index (χ1n) is 3.74. The lowest BCUT2D eigenvalue weighted by Gasteiger charge is -2.04. The minimum absolute atomic E-state index is 0. The van der Waals surface area contributed by atoms with Crippen molar-refractivity contribution >= 4 is 18.4 Å². The van der Waals surface area contributed by atoms with Gasteiger partial charge in [0.05, 0.1) is 6.61 Å². The van der Waals surface area contributed by atoms with Crippen LogP contribution in [0.15, 0.2) is 12.7 Å². The van der Waals surface area contributed by atoms with E-state index in [9.17, 15) is 4.79 Å². The van der Waals surface area contributed by atoms with E-state index in [2.05, 4.69) is 6.58 Å². The van der Waals surface area contributed by atoms with Crippen molar-refractivity contribution in [1.29, 1.82) is 0 Å². The molecule has 0 aromatic rings. The average molecular weight is 194 g/mol. The third kappa shape index (κ3) is 7.57. The molecule has 1 atom stereocenters. The molecule has 0 aliphatic carbocycles. The van der Waals surface area contributed by atoms with Crippen molar-refractivity contribution in [3.63, 3.8) is 0 Å². The fraction of sp³-hybridized carbons (Fsp3) is 0.625. The Labute approximate surface area is 79.4 Å². The van der Waals surface area contributed by atoms with E-state index in [-0.39, 0.29) is 24.4 Å². The molecule has 12 heavy (non-hydrogen) atoms. The van der Waals surface area contributed by atoms with Gasteiger partial charge in [0.25, 0.3) is 0 Å². The maximum atomic E-state index is 10.8. The van der Waals surface area contributed by atoms with E-state index in [1.165, 1.54) is 0 Å². The zero-order valence-electron chi connectivity index (χ0n) is 7.29. The molecule has 0 rings (SSSR count). The second-order valence-electron chi connectivity index (χ2n) is 2.24. The van der Waals surface area contributed by atoms with Crippen LogP contribution in [0.2, 0.25) is 0 Å². The summed E-state index contributed by atoms with van der Waals surface area (Å²) in [5.74, 6) is -0.190. The Morgan fingerprint density at radius 3 is 2.75 bits per heavy atom. The summed E-state index contributed by atoms with van der Waals surface area (Å²) in [5.41, 5.74) is 5.49. The molecule has 0 heterocycles. The van der Waals surface area contributed by atoms with Crippen LogP contribution in [0.25, 0.3) is 0 Å². The molecular formula is C8H16ClNO2. The topological polar surface area (TPSA) is 52.3 Å². The first kappa shape index (κ1) is 14.0. The van der Waals surface area contributed by atoms with Gasteiger partial charge < -0.3 is 10.5 Å². The maximum Gasteiger partial charge on any atom is 0.305 e. The van der Waals surface area contributed by atoms with Crippen LogP contribution in [-0.4, -0.2) is 18.6 Å². The number of halogens is 1. The molecule has 0 amide bonds. The van der Waals surface area contributed by atoms with Gasteiger partial charge in [-0.25, -0.2) is 0 Å². The second-order valence-corrected chi connectivity index (χ2v) is 2.24. The van der Waals surface area contributed by atoms with Gasteiger partial charge in [-0.2, -0.15) is 0 Å². The number of rotatable bonds is 5. The normalized spacial score (nSPS) is 11.2. The third-order valence-corrected chi connectivity index (χ3v) is 1.29. The summed E-state index contributed by atoms with van der Waals surface area (Å²) in [4.78, 5) is 10.8. The van der Waals surface area contributed by atoms with Gasteiger partial charge >= 0.3 is 5.97 Å². The van der Waals surface area contributed by atoms with E-state index >= 15 is 0 Å². The van der Waals surface area contributed by atoms with Gasteiger partial charge in [-0.05, 0) is 13.3 Å². The van der Waals surface area contributed by atoms with Crippen LogP contribution in [0.1, 0.15) is 19.8 Å². The minimum Gasteiger partial charge on any atom is -0.466 e. The van der Waals surface area contributed by atoms with E-state index in [0.717, 1.165) is 0 Å². The van der Waals surface area contributed by atoms with Gasteiger partial charge in [0.1, 0.15) is 0 Å². The number of esters is 1. The van der Waals surface area contributed by atoms with E-state index < -0.39 is 0 Å². The highest BCUT2D eigenvalue weighted by atomic mass is 35.5. The fourth-order valence-electron chi connectivity index (χ4n) is 0.636. The number of ether oxygens (including phenoxy) is 1. The summed E-state index contributed by atoms with van der Waals surface area (Å²) in [5, 5.41) is 0. The summed E-state index contributed by atoms with van der Waals surface area (Å²) in [6, 6.07) is -0.0978. The Morgan fingerprint density at radius 1 is 1.75 bits per heavy atom. The number of nitrogens with two attached hydrogens (primary N) is 1. The fourth-order valence-corrected chi connectivity index (χ4v) is 0.636. The Bertz CT molecular complexity index is 139. The Kier molecular flexibility index (Phi) is 9.99. The molecule has 3 nitrogen and oxygen atoms in total. The number of hydrogen-bond acceptors (Lipinski definition) is 3. The molecule has 0 saturated heterocycles. The van der Waals surface area contributed by atoms with Gasteiger partial charge in [-0.3, -0.25) is 4.79 Å². The van der Waals surface area contributed by atoms with Gasteiger partial charge in [0.2, 0.25) is 0 Å². The van der Waals surface area contributed by atoms with Crippen LogP contribution in [0, 0.1) is 0 Å². The van der Waals surface area contributed by atoms with E-state index in [1.54, 1.807) is 13.0 Å². The van der Waals surface area contributed by atoms with E-state index in [0.29, 0.717) is 19.4 Å². The first-order valence-corrected chi connectivity index (χ1v) is 3.74. The standard InChI is InChI=1S/C8H15NO2.ClH/c1-3-7(9)5-6-8(10)11-4-2;/h3,7H,1,4-6,9H2,2H3;1H. The van der Waals surface area contributed by atoms with Gasteiger partial charge in [0, 0.05) is 12.5 Å². The van der Waals surface area contributed by atoms with Crippen molar-refractivity contribution in [1.82, 2.24) is 0 Å². The molecule has 72 valence electrons. The van der Waals surface area contributed by atoms with Crippen molar-refractivity contribution in [2.45, 2.75) is 25.8 Å². The molecule has 1 unspecified atom stereocenters. The molecule has 0 radical (unpaired) electrons. The highest BCUT2D eigenvalue weighted by Gasteiger charge is 2.03. The Morgan fingerprint density at radius 2 is 2.33 bits per heavy atom. The largest absolute Gasteiger partial charge is 0.466 e. The molecule has 0 aromatic carbocycles. The number of carbonyl (C=O) groups is 1. The molecule has 0 spiro atoms. The zero-order chi connectivity index (χ0) is 8.69. The molecule has 4 heteroatoms. The Balaban J connectivity index is 0. The molecule has 0 aliphatic rings. The van der Waals surface area contributed by atoms with Crippen LogP contribution < -0.4 is 5.73 Å². The summed E-state index contributed by atoms with van der Waals surface area (Å²) >= 11 is 0. The number of carbonyl (C=O) groups excluding carboxylic acids is 1. The monoisotopic (exact) mass is 193 g/mol.